The van der Waals surface area contributed by atoms with Crippen molar-refractivity contribution in [3.8, 4) is 0 Å². The molecule has 0 N–H and O–H groups in total. The van der Waals surface area contributed by atoms with Gasteiger partial charge in [-0.25, -0.2) is 0 Å². The molecular weight excluding hydrogens is 162 g/mol. The normalized spacial score (nSPS) is 13.6. The first-order valence-electron chi connectivity index (χ1n) is 5.41. The van der Waals surface area contributed by atoms with Gasteiger partial charge in [0, 0.05) is 13.5 Å². The van der Waals surface area contributed by atoms with Gasteiger partial charge in [-0.1, -0.05) is 32.6 Å². The van der Waals surface area contributed by atoms with Crippen LogP contribution in [0.3, 0.4) is 0 Å². The van der Waals surface area contributed by atoms with Gasteiger partial charge >= 0.3 is 0 Å². The van der Waals surface area contributed by atoms with Crippen molar-refractivity contribution >= 4 is 0 Å². The van der Waals surface area contributed by atoms with Crippen LogP contribution in [0.1, 0.15) is 45.4 Å². The highest BCUT2D eigenvalue weighted by Gasteiger charge is 2.16. The fourth-order valence-corrected chi connectivity index (χ4v) is 1.51. The molecule has 0 rings (SSSR count). The molecule has 1 atom stereocenters. The molecule has 0 heterocycles. The molecule has 79 valence electrons. The summed E-state index contributed by atoms with van der Waals surface area (Å²) in [6, 6.07) is 0. The van der Waals surface area contributed by atoms with Gasteiger partial charge in [-0.15, -0.1) is 4.90 Å². The molecular formula is C11H25NO+. The number of nitrogens with zero attached hydrogens (tertiary/aromatic N) is 1. The first kappa shape index (κ1) is 12.9. The van der Waals surface area contributed by atoms with E-state index in [1.54, 1.807) is 7.11 Å². The van der Waals surface area contributed by atoms with Crippen molar-refractivity contribution < 1.29 is 4.74 Å². The minimum atomic E-state index is 0.307. The zero-order chi connectivity index (χ0) is 10.1. The van der Waals surface area contributed by atoms with Gasteiger partial charge in [0.15, 0.2) is 0 Å². The van der Waals surface area contributed by atoms with Gasteiger partial charge < -0.3 is 4.74 Å². The fourth-order valence-electron chi connectivity index (χ4n) is 1.51. The maximum Gasteiger partial charge on any atom is 0.235 e. The molecule has 0 saturated carbocycles. The Labute approximate surface area is 83.3 Å². The summed E-state index contributed by atoms with van der Waals surface area (Å²) in [5.74, 6) is 0. The number of methoxy groups -OCH3 is 1. The molecule has 0 aliphatic heterocycles. The minimum Gasteiger partial charge on any atom is -0.329 e. The van der Waals surface area contributed by atoms with Crippen LogP contribution in [-0.2, 0) is 4.74 Å². The third-order valence-electron chi connectivity index (χ3n) is 2.40. The Hall–Kier alpha value is -0.0800. The summed E-state index contributed by atoms with van der Waals surface area (Å²) in [4.78, 5) is 2.14. The molecule has 13 heavy (non-hydrogen) atoms. The van der Waals surface area contributed by atoms with Crippen LogP contribution >= 0.6 is 0 Å². The van der Waals surface area contributed by atoms with Gasteiger partial charge in [0.05, 0.1) is 0 Å². The maximum absolute atomic E-state index is 5.34. The van der Waals surface area contributed by atoms with Crippen LogP contribution in [0.4, 0.5) is 0 Å². The van der Waals surface area contributed by atoms with E-state index < -0.39 is 0 Å². The Bertz CT molecular complexity index is 104. The van der Waals surface area contributed by atoms with E-state index in [0.717, 1.165) is 6.42 Å². The van der Waals surface area contributed by atoms with Gasteiger partial charge in [0.1, 0.15) is 14.1 Å². The highest BCUT2D eigenvalue weighted by molar-refractivity contribution is 4.58. The molecule has 0 aromatic rings. The minimum absolute atomic E-state index is 0.307. The van der Waals surface area contributed by atoms with Crippen LogP contribution in [0.5, 0.6) is 0 Å². The van der Waals surface area contributed by atoms with Crippen LogP contribution in [0.25, 0.3) is 0 Å². The van der Waals surface area contributed by atoms with Crippen molar-refractivity contribution in [3.05, 3.63) is 0 Å². The summed E-state index contributed by atoms with van der Waals surface area (Å²) >= 11 is 0. The molecule has 0 saturated heterocycles. The van der Waals surface area contributed by atoms with E-state index in [2.05, 4.69) is 25.9 Å². The Morgan fingerprint density at radius 2 is 1.69 bits per heavy atom. The van der Waals surface area contributed by atoms with Crippen molar-refractivity contribution in [3.63, 3.8) is 0 Å². The second kappa shape index (κ2) is 8.52. The lowest BCUT2D eigenvalue weighted by Gasteiger charge is -2.13. The molecule has 1 unspecified atom stereocenters. The monoisotopic (exact) mass is 187 g/mol. The molecule has 0 spiro atoms. The molecule has 2 heteroatoms. The zero-order valence-electron chi connectivity index (χ0n) is 9.68. The Morgan fingerprint density at radius 3 is 2.15 bits per heavy atom. The SMILES string of the molecule is CCCCCCCC(OC)[N+](C)C. The average molecular weight is 187 g/mol. The molecule has 1 radical (unpaired) electrons. The summed E-state index contributed by atoms with van der Waals surface area (Å²) in [5.41, 5.74) is 0. The third-order valence-corrected chi connectivity index (χ3v) is 2.40. The molecule has 0 aliphatic rings. The summed E-state index contributed by atoms with van der Waals surface area (Å²) in [6.07, 6.45) is 8.17. The van der Waals surface area contributed by atoms with Gasteiger partial charge in [-0.2, -0.15) is 0 Å². The molecule has 0 fully saturated rings. The second-order valence-electron chi connectivity index (χ2n) is 3.86. The average Bonchev–Trinajstić information content (AvgIpc) is 2.10. The first-order chi connectivity index (χ1) is 6.22. The molecule has 2 nitrogen and oxygen atoms in total. The van der Waals surface area contributed by atoms with Crippen LogP contribution < -0.4 is 4.90 Å². The van der Waals surface area contributed by atoms with E-state index in [0.29, 0.717) is 6.23 Å². The number of rotatable bonds is 8. The number of unbranched alkanes of at least 4 members (excludes halogenated alkanes) is 4. The Morgan fingerprint density at radius 1 is 1.08 bits per heavy atom. The maximum atomic E-state index is 5.34. The van der Waals surface area contributed by atoms with E-state index in [4.69, 9.17) is 4.74 Å². The van der Waals surface area contributed by atoms with Crippen LogP contribution in [0.2, 0.25) is 0 Å². The standard InChI is InChI=1S/C11H25NO/c1-5-6-7-8-9-10-11(13-4)12(2)3/h11H,5-10H2,1-4H3/q+1. The lowest BCUT2D eigenvalue weighted by molar-refractivity contribution is 0.0326. The highest BCUT2D eigenvalue weighted by atomic mass is 16.5. The first-order valence-corrected chi connectivity index (χ1v) is 5.41. The Kier molecular flexibility index (Phi) is 8.46. The summed E-state index contributed by atoms with van der Waals surface area (Å²) in [7, 11) is 5.93. The molecule has 0 amide bonds. The predicted octanol–water partition coefficient (Wildman–Crippen LogP) is 2.72. The van der Waals surface area contributed by atoms with Gasteiger partial charge in [-0.05, 0) is 6.42 Å². The number of hydrogen-bond acceptors (Lipinski definition) is 2. The van der Waals surface area contributed by atoms with E-state index in [1.165, 1.54) is 32.1 Å². The van der Waals surface area contributed by atoms with E-state index >= 15 is 0 Å². The topological polar surface area (TPSA) is 15.1 Å². The summed E-state index contributed by atoms with van der Waals surface area (Å²) < 4.78 is 5.34. The fraction of sp³-hybridized carbons (Fsp3) is 1.00. The largest absolute Gasteiger partial charge is 0.329 e. The van der Waals surface area contributed by atoms with Crippen LogP contribution in [-0.4, -0.2) is 27.4 Å². The van der Waals surface area contributed by atoms with Crippen molar-refractivity contribution in [2.75, 3.05) is 21.2 Å². The zero-order valence-corrected chi connectivity index (χ0v) is 9.68. The molecule has 0 aromatic carbocycles. The number of hydrogen-bond donors (Lipinski definition) is 0. The van der Waals surface area contributed by atoms with E-state index in [9.17, 15) is 0 Å². The second-order valence-corrected chi connectivity index (χ2v) is 3.86. The van der Waals surface area contributed by atoms with E-state index in [-0.39, 0.29) is 0 Å². The van der Waals surface area contributed by atoms with Crippen molar-refractivity contribution in [2.24, 2.45) is 0 Å². The van der Waals surface area contributed by atoms with Crippen molar-refractivity contribution in [1.82, 2.24) is 4.90 Å². The number of ether oxygens (including phenoxy) is 1. The van der Waals surface area contributed by atoms with Gasteiger partial charge in [0.2, 0.25) is 6.23 Å². The molecule has 0 bridgehead atoms. The summed E-state index contributed by atoms with van der Waals surface area (Å²) in [5, 5.41) is 0. The molecule has 0 aromatic heterocycles. The Balaban J connectivity index is 3.28. The van der Waals surface area contributed by atoms with Crippen molar-refractivity contribution in [1.29, 1.82) is 0 Å². The highest BCUT2D eigenvalue weighted by Crippen LogP contribution is 2.09. The predicted molar refractivity (Wildman–Crippen MR) is 58.2 cm³/mol. The van der Waals surface area contributed by atoms with Gasteiger partial charge in [-0.3, -0.25) is 0 Å². The van der Waals surface area contributed by atoms with Crippen LogP contribution in [0, 0.1) is 0 Å². The summed E-state index contributed by atoms with van der Waals surface area (Å²) in [6.45, 7) is 2.25. The quantitative estimate of drug-likeness (QED) is 0.324. The third kappa shape index (κ3) is 7.03. The van der Waals surface area contributed by atoms with E-state index in [1.807, 2.05) is 0 Å². The lowest BCUT2D eigenvalue weighted by Crippen LogP contribution is -2.34. The van der Waals surface area contributed by atoms with Crippen molar-refractivity contribution in [2.45, 2.75) is 51.7 Å². The molecule has 0 aliphatic carbocycles. The smallest absolute Gasteiger partial charge is 0.235 e. The van der Waals surface area contributed by atoms with Gasteiger partial charge in [0.25, 0.3) is 0 Å². The van der Waals surface area contributed by atoms with Crippen LogP contribution in [0.15, 0.2) is 0 Å². The lowest BCUT2D eigenvalue weighted by atomic mass is 10.1.